The number of pyridine rings is 1. The summed E-state index contributed by atoms with van der Waals surface area (Å²) in [5, 5.41) is 6.80. The Kier molecular flexibility index (Phi) is 9.45. The van der Waals surface area contributed by atoms with Gasteiger partial charge in [0, 0.05) is 50.4 Å². The van der Waals surface area contributed by atoms with Crippen molar-refractivity contribution in [3.63, 3.8) is 0 Å². The fraction of sp³-hybridized carbons (Fsp3) is 0.667. The number of amides is 1. The molecule has 1 aromatic rings. The molecule has 162 valence electrons. The predicted octanol–water partition coefficient (Wildman–Crippen LogP) is 2.94. The van der Waals surface area contributed by atoms with Crippen LogP contribution in [0.15, 0.2) is 23.3 Å². The molecule has 8 heteroatoms. The number of carbonyl (C=O) groups excluding carboxylic acids is 1. The minimum Gasteiger partial charge on any atom is -0.474 e. The third kappa shape index (κ3) is 6.72. The van der Waals surface area contributed by atoms with Crippen LogP contribution in [0.4, 0.5) is 0 Å². The number of carbonyl (C=O) groups is 1. The van der Waals surface area contributed by atoms with Crippen molar-refractivity contribution < 1.29 is 9.53 Å². The number of hydrogen-bond acceptors (Lipinski definition) is 4. The number of halogens is 1. The summed E-state index contributed by atoms with van der Waals surface area (Å²) < 4.78 is 6.11. The van der Waals surface area contributed by atoms with Crippen LogP contribution in [0.2, 0.25) is 0 Å². The molecule has 2 heterocycles. The topological polar surface area (TPSA) is 78.9 Å². The van der Waals surface area contributed by atoms with Gasteiger partial charge in [0.05, 0.1) is 0 Å². The summed E-state index contributed by atoms with van der Waals surface area (Å²) in [5.74, 6) is 1.71. The average molecular weight is 515 g/mol. The Morgan fingerprint density at radius 3 is 2.79 bits per heavy atom. The lowest BCUT2D eigenvalue weighted by Gasteiger charge is -2.21. The molecule has 2 fully saturated rings. The molecule has 2 aliphatic rings. The second kappa shape index (κ2) is 11.6. The summed E-state index contributed by atoms with van der Waals surface area (Å²) in [6, 6.07) is 4.19. The third-order valence-electron chi connectivity index (χ3n) is 5.44. The monoisotopic (exact) mass is 515 g/mol. The van der Waals surface area contributed by atoms with E-state index in [1.54, 1.807) is 13.2 Å². The SMILES string of the molecule is CN=C(NCc1cccnc1OC1CCCC1)NC1CCN(C(=O)C(C)C)C1.I. The van der Waals surface area contributed by atoms with Gasteiger partial charge in [0.25, 0.3) is 0 Å². The Morgan fingerprint density at radius 1 is 1.34 bits per heavy atom. The van der Waals surface area contributed by atoms with Crippen molar-refractivity contribution >= 4 is 35.8 Å². The number of aliphatic imine (C=N–C) groups is 1. The van der Waals surface area contributed by atoms with Crippen molar-refractivity contribution in [2.24, 2.45) is 10.9 Å². The Labute approximate surface area is 191 Å². The fourth-order valence-electron chi connectivity index (χ4n) is 3.84. The van der Waals surface area contributed by atoms with Gasteiger partial charge in [0.2, 0.25) is 11.8 Å². The summed E-state index contributed by atoms with van der Waals surface area (Å²) in [5.41, 5.74) is 1.03. The van der Waals surface area contributed by atoms with Gasteiger partial charge in [-0.05, 0) is 38.2 Å². The number of aromatic nitrogens is 1. The number of nitrogens with zero attached hydrogens (tertiary/aromatic N) is 3. The minimum atomic E-state index is 0. The average Bonchev–Trinajstić information content (AvgIpc) is 3.37. The zero-order valence-corrected chi connectivity index (χ0v) is 20.0. The second-order valence-corrected chi connectivity index (χ2v) is 7.99. The maximum atomic E-state index is 12.2. The van der Waals surface area contributed by atoms with E-state index >= 15 is 0 Å². The van der Waals surface area contributed by atoms with Crippen LogP contribution in [-0.4, -0.2) is 54.0 Å². The van der Waals surface area contributed by atoms with Crippen LogP contribution in [0.3, 0.4) is 0 Å². The first-order chi connectivity index (χ1) is 13.6. The van der Waals surface area contributed by atoms with Gasteiger partial charge in [-0.1, -0.05) is 19.9 Å². The Hall–Kier alpha value is -1.58. The van der Waals surface area contributed by atoms with Gasteiger partial charge >= 0.3 is 0 Å². The summed E-state index contributed by atoms with van der Waals surface area (Å²) in [7, 11) is 1.76. The summed E-state index contributed by atoms with van der Waals surface area (Å²) >= 11 is 0. The van der Waals surface area contributed by atoms with E-state index in [1.165, 1.54) is 12.8 Å². The zero-order chi connectivity index (χ0) is 19.9. The molecule has 1 aliphatic heterocycles. The number of likely N-dealkylation sites (tertiary alicyclic amines) is 1. The van der Waals surface area contributed by atoms with Crippen molar-refractivity contribution in [3.8, 4) is 5.88 Å². The smallest absolute Gasteiger partial charge is 0.225 e. The molecule has 29 heavy (non-hydrogen) atoms. The molecule has 1 saturated carbocycles. The van der Waals surface area contributed by atoms with Crippen molar-refractivity contribution in [1.82, 2.24) is 20.5 Å². The van der Waals surface area contributed by atoms with E-state index in [-0.39, 0.29) is 47.9 Å². The Morgan fingerprint density at radius 2 is 2.10 bits per heavy atom. The highest BCUT2D eigenvalue weighted by atomic mass is 127. The molecule has 1 atom stereocenters. The maximum absolute atomic E-state index is 12.2. The zero-order valence-electron chi connectivity index (χ0n) is 17.7. The molecule has 0 aromatic carbocycles. The highest BCUT2D eigenvalue weighted by molar-refractivity contribution is 14.0. The van der Waals surface area contributed by atoms with Gasteiger partial charge in [-0.25, -0.2) is 4.98 Å². The number of ether oxygens (including phenoxy) is 1. The quantitative estimate of drug-likeness (QED) is 0.346. The molecule has 1 saturated heterocycles. The van der Waals surface area contributed by atoms with Crippen LogP contribution in [0, 0.1) is 5.92 Å². The van der Waals surface area contributed by atoms with Crippen LogP contribution >= 0.6 is 24.0 Å². The molecule has 2 N–H and O–H groups in total. The molecular formula is C21H34IN5O2. The molecule has 0 bridgehead atoms. The molecule has 1 amide bonds. The third-order valence-corrected chi connectivity index (χ3v) is 5.44. The Bertz CT molecular complexity index is 691. The highest BCUT2D eigenvalue weighted by Crippen LogP contribution is 2.25. The number of hydrogen-bond donors (Lipinski definition) is 2. The first kappa shape index (κ1) is 23.7. The van der Waals surface area contributed by atoms with E-state index in [0.717, 1.165) is 43.9 Å². The standard InChI is InChI=1S/C21H33N5O2.HI/c1-15(2)20(27)26-12-10-17(14-26)25-21(22-3)24-13-16-7-6-11-23-19(16)28-18-8-4-5-9-18;/h6-7,11,15,17-18H,4-5,8-10,12-14H2,1-3H3,(H2,22,24,25);1H. The number of nitrogens with one attached hydrogen (secondary N) is 2. The second-order valence-electron chi connectivity index (χ2n) is 7.99. The largest absolute Gasteiger partial charge is 0.474 e. The van der Waals surface area contributed by atoms with Crippen LogP contribution < -0.4 is 15.4 Å². The number of guanidine groups is 1. The summed E-state index contributed by atoms with van der Waals surface area (Å²) in [6.45, 7) is 6.01. The van der Waals surface area contributed by atoms with Gasteiger partial charge in [0.1, 0.15) is 6.10 Å². The van der Waals surface area contributed by atoms with Crippen LogP contribution in [-0.2, 0) is 11.3 Å². The molecule has 1 aromatic heterocycles. The van der Waals surface area contributed by atoms with Crippen molar-refractivity contribution in [1.29, 1.82) is 0 Å². The van der Waals surface area contributed by atoms with Gasteiger partial charge in [-0.2, -0.15) is 0 Å². The molecule has 3 rings (SSSR count). The van der Waals surface area contributed by atoms with Gasteiger partial charge in [-0.3, -0.25) is 9.79 Å². The van der Waals surface area contributed by atoms with Gasteiger partial charge in [0.15, 0.2) is 5.96 Å². The minimum absolute atomic E-state index is 0. The van der Waals surface area contributed by atoms with Crippen molar-refractivity contribution in [2.45, 2.75) is 64.6 Å². The molecule has 0 radical (unpaired) electrons. The van der Waals surface area contributed by atoms with Crippen molar-refractivity contribution in [3.05, 3.63) is 23.9 Å². The Balaban J connectivity index is 0.00000300. The first-order valence-corrected chi connectivity index (χ1v) is 10.4. The van der Waals surface area contributed by atoms with E-state index in [0.29, 0.717) is 12.4 Å². The molecule has 1 aliphatic carbocycles. The lowest BCUT2D eigenvalue weighted by atomic mass is 10.2. The van der Waals surface area contributed by atoms with Gasteiger partial charge < -0.3 is 20.3 Å². The van der Waals surface area contributed by atoms with E-state index in [2.05, 4.69) is 20.6 Å². The predicted molar refractivity (Wildman–Crippen MR) is 126 cm³/mol. The van der Waals surface area contributed by atoms with Gasteiger partial charge in [-0.15, -0.1) is 24.0 Å². The molecule has 1 unspecified atom stereocenters. The highest BCUT2D eigenvalue weighted by Gasteiger charge is 2.28. The normalized spacial score (nSPS) is 19.9. The lowest BCUT2D eigenvalue weighted by Crippen LogP contribution is -2.45. The molecular weight excluding hydrogens is 481 g/mol. The van der Waals surface area contributed by atoms with E-state index in [4.69, 9.17) is 4.74 Å². The fourth-order valence-corrected chi connectivity index (χ4v) is 3.84. The maximum Gasteiger partial charge on any atom is 0.225 e. The van der Waals surface area contributed by atoms with Crippen LogP contribution in [0.5, 0.6) is 5.88 Å². The van der Waals surface area contributed by atoms with Crippen molar-refractivity contribution in [2.75, 3.05) is 20.1 Å². The van der Waals surface area contributed by atoms with E-state index in [9.17, 15) is 4.79 Å². The van der Waals surface area contributed by atoms with Crippen LogP contribution in [0.25, 0.3) is 0 Å². The van der Waals surface area contributed by atoms with E-state index < -0.39 is 0 Å². The van der Waals surface area contributed by atoms with Crippen LogP contribution in [0.1, 0.15) is 51.5 Å². The number of rotatable bonds is 6. The lowest BCUT2D eigenvalue weighted by molar-refractivity contribution is -0.133. The molecule has 7 nitrogen and oxygen atoms in total. The summed E-state index contributed by atoms with van der Waals surface area (Å²) in [6.07, 6.45) is 7.69. The molecule has 0 spiro atoms. The summed E-state index contributed by atoms with van der Waals surface area (Å²) in [4.78, 5) is 22.9. The first-order valence-electron chi connectivity index (χ1n) is 10.4. The van der Waals surface area contributed by atoms with E-state index in [1.807, 2.05) is 30.9 Å².